The second-order valence-electron chi connectivity index (χ2n) is 5.47. The van der Waals surface area contributed by atoms with Crippen LogP contribution in [0.5, 0.6) is 0 Å². The summed E-state index contributed by atoms with van der Waals surface area (Å²) < 4.78 is 43.6. The van der Waals surface area contributed by atoms with Crippen LogP contribution in [0.25, 0.3) is 0 Å². The lowest BCUT2D eigenvalue weighted by Gasteiger charge is -2.35. The maximum absolute atomic E-state index is 12.8. The minimum absolute atomic E-state index is 0.0845. The Bertz CT molecular complexity index is 349. The number of nitrogens with one attached hydrogen (secondary N) is 1. The Balaban J connectivity index is 1.98. The van der Waals surface area contributed by atoms with E-state index >= 15 is 0 Å². The first-order valence-electron chi connectivity index (χ1n) is 7.10. The van der Waals surface area contributed by atoms with E-state index in [0.717, 1.165) is 0 Å². The molecule has 20 heavy (non-hydrogen) atoms. The van der Waals surface area contributed by atoms with Gasteiger partial charge in [-0.1, -0.05) is 6.92 Å². The van der Waals surface area contributed by atoms with Gasteiger partial charge in [0, 0.05) is 19.1 Å². The van der Waals surface area contributed by atoms with Crippen molar-refractivity contribution in [2.24, 2.45) is 11.8 Å². The Labute approximate surface area is 116 Å². The Morgan fingerprint density at radius 2 is 2.15 bits per heavy atom. The number of hydrogen-bond donors (Lipinski definition) is 1. The van der Waals surface area contributed by atoms with Crippen LogP contribution in [0, 0.1) is 11.8 Å². The first-order valence-corrected chi connectivity index (χ1v) is 7.10. The van der Waals surface area contributed by atoms with Crippen LogP contribution in [0.1, 0.15) is 19.8 Å². The summed E-state index contributed by atoms with van der Waals surface area (Å²) in [7, 11) is 0. The first kappa shape index (κ1) is 15.6. The van der Waals surface area contributed by atoms with Crippen molar-refractivity contribution >= 4 is 5.91 Å². The molecule has 0 aromatic rings. The van der Waals surface area contributed by atoms with Gasteiger partial charge in [0.2, 0.25) is 5.91 Å². The van der Waals surface area contributed by atoms with Crippen LogP contribution in [-0.4, -0.2) is 55.9 Å². The number of piperidine rings is 1. The van der Waals surface area contributed by atoms with Crippen LogP contribution in [0.15, 0.2) is 0 Å². The maximum Gasteiger partial charge on any atom is 0.393 e. The molecular formula is C13H21F3N2O2. The zero-order valence-corrected chi connectivity index (χ0v) is 11.6. The Morgan fingerprint density at radius 1 is 1.40 bits per heavy atom. The smallest absolute Gasteiger partial charge is 0.379 e. The predicted molar refractivity (Wildman–Crippen MR) is 67.1 cm³/mol. The first-order chi connectivity index (χ1) is 9.43. The van der Waals surface area contributed by atoms with Crippen LogP contribution in [0.2, 0.25) is 0 Å². The van der Waals surface area contributed by atoms with E-state index in [2.05, 4.69) is 5.32 Å². The minimum atomic E-state index is -4.22. The number of amides is 1. The van der Waals surface area contributed by atoms with E-state index in [9.17, 15) is 18.0 Å². The number of rotatable bonds is 3. The summed E-state index contributed by atoms with van der Waals surface area (Å²) in [6, 6.07) is -0.0845. The molecule has 1 amide bonds. The van der Waals surface area contributed by atoms with Crippen molar-refractivity contribution < 1.29 is 22.7 Å². The van der Waals surface area contributed by atoms with Gasteiger partial charge in [-0.25, -0.2) is 0 Å². The number of alkyl halides is 3. The van der Waals surface area contributed by atoms with Gasteiger partial charge in [-0.2, -0.15) is 13.2 Å². The summed E-state index contributed by atoms with van der Waals surface area (Å²) in [4.78, 5) is 13.8. The number of hydrogen-bond acceptors (Lipinski definition) is 3. The summed E-state index contributed by atoms with van der Waals surface area (Å²) in [6.45, 7) is 3.59. The monoisotopic (exact) mass is 294 g/mol. The molecule has 0 aliphatic carbocycles. The van der Waals surface area contributed by atoms with Crippen LogP contribution in [0.4, 0.5) is 13.2 Å². The molecule has 2 heterocycles. The van der Waals surface area contributed by atoms with Crippen molar-refractivity contribution in [3.05, 3.63) is 0 Å². The van der Waals surface area contributed by atoms with E-state index in [-0.39, 0.29) is 30.8 Å². The average molecular weight is 294 g/mol. The van der Waals surface area contributed by atoms with Gasteiger partial charge in [0.05, 0.1) is 25.0 Å². The van der Waals surface area contributed by atoms with E-state index < -0.39 is 12.1 Å². The molecular weight excluding hydrogens is 273 g/mol. The molecule has 0 radical (unpaired) electrons. The van der Waals surface area contributed by atoms with E-state index in [4.69, 9.17) is 4.74 Å². The van der Waals surface area contributed by atoms with Crippen molar-refractivity contribution in [1.29, 1.82) is 0 Å². The number of nitrogens with zero attached hydrogens (tertiary/aromatic N) is 1. The molecule has 2 saturated heterocycles. The van der Waals surface area contributed by atoms with E-state index in [1.54, 1.807) is 0 Å². The van der Waals surface area contributed by atoms with Crippen molar-refractivity contribution in [1.82, 2.24) is 10.2 Å². The molecule has 4 nitrogen and oxygen atoms in total. The number of ether oxygens (including phenoxy) is 1. The molecule has 2 rings (SSSR count). The zero-order valence-electron chi connectivity index (χ0n) is 11.6. The number of carbonyl (C=O) groups excluding carboxylic acids is 1. The van der Waals surface area contributed by atoms with Crippen LogP contribution in [0.3, 0.4) is 0 Å². The minimum Gasteiger partial charge on any atom is -0.379 e. The largest absolute Gasteiger partial charge is 0.393 e. The Morgan fingerprint density at radius 3 is 2.80 bits per heavy atom. The third-order valence-electron chi connectivity index (χ3n) is 4.06. The molecule has 3 atom stereocenters. The third-order valence-corrected chi connectivity index (χ3v) is 4.06. The second-order valence-corrected chi connectivity index (χ2v) is 5.47. The maximum atomic E-state index is 12.8. The highest BCUT2D eigenvalue weighted by Gasteiger charge is 2.44. The van der Waals surface area contributed by atoms with Gasteiger partial charge >= 0.3 is 6.18 Å². The van der Waals surface area contributed by atoms with Crippen molar-refractivity contribution in [2.75, 3.05) is 32.8 Å². The number of halogens is 3. The fraction of sp³-hybridized carbons (Fsp3) is 0.923. The summed E-state index contributed by atoms with van der Waals surface area (Å²) >= 11 is 0. The van der Waals surface area contributed by atoms with Crippen molar-refractivity contribution in [3.8, 4) is 0 Å². The molecule has 3 unspecified atom stereocenters. The highest BCUT2D eigenvalue weighted by molar-refractivity contribution is 5.80. The fourth-order valence-electron chi connectivity index (χ4n) is 2.94. The van der Waals surface area contributed by atoms with E-state index in [0.29, 0.717) is 32.7 Å². The van der Waals surface area contributed by atoms with Gasteiger partial charge in [-0.3, -0.25) is 4.79 Å². The van der Waals surface area contributed by atoms with Crippen molar-refractivity contribution in [3.63, 3.8) is 0 Å². The second kappa shape index (κ2) is 6.30. The lowest BCUT2D eigenvalue weighted by Crippen LogP contribution is -2.50. The molecule has 0 saturated carbocycles. The van der Waals surface area contributed by atoms with Crippen LogP contribution >= 0.6 is 0 Å². The highest BCUT2D eigenvalue weighted by atomic mass is 19.4. The summed E-state index contributed by atoms with van der Waals surface area (Å²) in [6.07, 6.45) is -3.69. The molecule has 2 fully saturated rings. The molecule has 1 N–H and O–H groups in total. The molecule has 7 heteroatoms. The van der Waals surface area contributed by atoms with E-state index in [1.165, 1.54) is 4.90 Å². The summed E-state index contributed by atoms with van der Waals surface area (Å²) in [5.41, 5.74) is 0. The standard InChI is InChI=1S/C13H21F3N2O2/c1-2-17-11-8-20-7-10(11)12(19)18-5-3-4-9(6-18)13(14,15)16/h9-11,17H,2-8H2,1H3. The topological polar surface area (TPSA) is 41.6 Å². The Kier molecular flexibility index (Phi) is 4.90. The quantitative estimate of drug-likeness (QED) is 0.856. The van der Waals surface area contributed by atoms with Gasteiger partial charge in [-0.15, -0.1) is 0 Å². The SMILES string of the molecule is CCNC1COCC1C(=O)N1CCCC(C(F)(F)F)C1. The number of carbonyl (C=O) groups is 1. The van der Waals surface area contributed by atoms with Gasteiger partial charge in [-0.05, 0) is 19.4 Å². The molecule has 116 valence electrons. The van der Waals surface area contributed by atoms with Crippen LogP contribution < -0.4 is 5.32 Å². The molecule has 0 aromatic heterocycles. The fourth-order valence-corrected chi connectivity index (χ4v) is 2.94. The average Bonchev–Trinajstić information content (AvgIpc) is 2.86. The highest BCUT2D eigenvalue weighted by Crippen LogP contribution is 2.33. The lowest BCUT2D eigenvalue weighted by atomic mass is 9.94. The molecule has 0 bridgehead atoms. The third kappa shape index (κ3) is 3.44. The lowest BCUT2D eigenvalue weighted by molar-refractivity contribution is -0.188. The Hall–Kier alpha value is -0.820. The predicted octanol–water partition coefficient (Wildman–Crippen LogP) is 1.41. The molecule has 0 aromatic carbocycles. The number of likely N-dealkylation sites (tertiary alicyclic amines) is 1. The van der Waals surface area contributed by atoms with Gasteiger partial charge in [0.25, 0.3) is 0 Å². The van der Waals surface area contributed by atoms with Crippen LogP contribution in [-0.2, 0) is 9.53 Å². The van der Waals surface area contributed by atoms with E-state index in [1.807, 2.05) is 6.92 Å². The molecule has 2 aliphatic rings. The summed E-state index contributed by atoms with van der Waals surface area (Å²) in [5.74, 6) is -1.95. The van der Waals surface area contributed by atoms with Gasteiger partial charge < -0.3 is 15.0 Å². The molecule has 2 aliphatic heterocycles. The normalized spacial score (nSPS) is 31.6. The number of likely N-dealkylation sites (N-methyl/N-ethyl adjacent to an activating group) is 1. The summed E-state index contributed by atoms with van der Waals surface area (Å²) in [5, 5.41) is 3.16. The van der Waals surface area contributed by atoms with Crippen molar-refractivity contribution in [2.45, 2.75) is 32.0 Å². The van der Waals surface area contributed by atoms with Gasteiger partial charge in [0.15, 0.2) is 0 Å². The zero-order chi connectivity index (χ0) is 14.8. The molecule has 0 spiro atoms. The van der Waals surface area contributed by atoms with Gasteiger partial charge in [0.1, 0.15) is 0 Å².